The van der Waals surface area contributed by atoms with Crippen molar-refractivity contribution >= 4 is 22.6 Å². The average molecular weight is 293 g/mol. The summed E-state index contributed by atoms with van der Waals surface area (Å²) in [4.78, 5) is 12.2. The Bertz CT molecular complexity index is 516. The predicted molar refractivity (Wildman–Crippen MR) is 83.8 cm³/mol. The summed E-state index contributed by atoms with van der Waals surface area (Å²) >= 11 is 1.48. The van der Waals surface area contributed by atoms with Gasteiger partial charge in [-0.3, -0.25) is 4.79 Å². The summed E-state index contributed by atoms with van der Waals surface area (Å²) in [5, 5.41) is 10.1. The zero-order chi connectivity index (χ0) is 15.3. The van der Waals surface area contributed by atoms with E-state index in [0.717, 1.165) is 42.4 Å². The highest BCUT2D eigenvalue weighted by Gasteiger charge is 2.37. The van der Waals surface area contributed by atoms with Gasteiger partial charge in [-0.25, -0.2) is 0 Å². The second-order valence-electron chi connectivity index (χ2n) is 5.57. The summed E-state index contributed by atoms with van der Waals surface area (Å²) in [5.74, 6) is 0.508. The molecule has 4 N–H and O–H groups in total. The first-order valence-corrected chi connectivity index (χ1v) is 7.67. The number of thiophene rings is 1. The Kier molecular flexibility index (Phi) is 5.73. The van der Waals surface area contributed by atoms with Crippen LogP contribution in [0, 0.1) is 22.7 Å². The van der Waals surface area contributed by atoms with Crippen LogP contribution in [-0.2, 0) is 12.8 Å². The molecular formula is C15H23N3OS. The molecule has 1 aromatic heterocycles. The van der Waals surface area contributed by atoms with Gasteiger partial charge in [-0.05, 0) is 37.8 Å². The van der Waals surface area contributed by atoms with Gasteiger partial charge in [0.25, 0.3) is 0 Å². The van der Waals surface area contributed by atoms with Crippen molar-refractivity contribution in [2.75, 3.05) is 12.8 Å². The van der Waals surface area contributed by atoms with E-state index in [1.807, 2.05) is 0 Å². The third-order valence-electron chi connectivity index (χ3n) is 3.67. The average Bonchev–Trinajstić information content (AvgIpc) is 2.74. The Morgan fingerprint density at radius 1 is 1.50 bits per heavy atom. The molecule has 0 aliphatic heterocycles. The van der Waals surface area contributed by atoms with Crippen LogP contribution >= 0.6 is 11.3 Å². The van der Waals surface area contributed by atoms with Crippen molar-refractivity contribution in [1.82, 2.24) is 0 Å². The van der Waals surface area contributed by atoms with Crippen molar-refractivity contribution in [3.05, 3.63) is 16.0 Å². The zero-order valence-corrected chi connectivity index (χ0v) is 13.2. The Morgan fingerprint density at radius 2 is 2.15 bits per heavy atom. The van der Waals surface area contributed by atoms with Crippen molar-refractivity contribution in [1.29, 1.82) is 5.26 Å². The maximum Gasteiger partial charge on any atom is 0.153 e. The van der Waals surface area contributed by atoms with Crippen molar-refractivity contribution in [2.45, 2.75) is 39.5 Å². The van der Waals surface area contributed by atoms with E-state index in [4.69, 9.17) is 5.73 Å². The number of hydrogen-bond donors (Lipinski definition) is 2. The van der Waals surface area contributed by atoms with Crippen LogP contribution in [-0.4, -0.2) is 13.3 Å². The lowest BCUT2D eigenvalue weighted by molar-refractivity contribution is 0.112. The fraction of sp³-hybridized carbons (Fsp3) is 0.600. The molecule has 4 nitrogen and oxygen atoms in total. The summed E-state index contributed by atoms with van der Waals surface area (Å²) in [6.07, 6.45) is 4.16. The van der Waals surface area contributed by atoms with E-state index in [1.54, 1.807) is 0 Å². The number of nitrogens with two attached hydrogens (primary N) is 2. The van der Waals surface area contributed by atoms with Gasteiger partial charge >= 0.3 is 0 Å². The van der Waals surface area contributed by atoms with Crippen molar-refractivity contribution in [3.8, 4) is 6.07 Å². The van der Waals surface area contributed by atoms with E-state index in [9.17, 15) is 10.1 Å². The standard InChI is InChI=1S/C14H18N2OS.CH5N/c1-9(2)5-14(8-15)4-3-10-11(7-17)13(16)18-12(10)6-14;1-2/h7,9H,3-6,16H2,1-2H3;2H2,1H3. The second kappa shape index (κ2) is 6.87. The fourth-order valence-corrected chi connectivity index (χ4v) is 4.18. The molecule has 20 heavy (non-hydrogen) atoms. The monoisotopic (exact) mass is 293 g/mol. The molecule has 0 aromatic carbocycles. The fourth-order valence-electron chi connectivity index (χ4n) is 2.95. The number of rotatable bonds is 3. The van der Waals surface area contributed by atoms with Crippen molar-refractivity contribution < 1.29 is 4.79 Å². The largest absolute Gasteiger partial charge is 0.390 e. The lowest BCUT2D eigenvalue weighted by Gasteiger charge is -2.32. The minimum atomic E-state index is -0.265. The predicted octanol–water partition coefficient (Wildman–Crippen LogP) is 2.76. The second-order valence-corrected chi connectivity index (χ2v) is 6.70. The Balaban J connectivity index is 0.000000956. The lowest BCUT2D eigenvalue weighted by Crippen LogP contribution is -2.28. The number of hydrogen-bond acceptors (Lipinski definition) is 5. The summed E-state index contributed by atoms with van der Waals surface area (Å²) in [7, 11) is 1.50. The molecule has 0 amide bonds. The highest BCUT2D eigenvalue weighted by atomic mass is 32.1. The molecule has 1 aromatic rings. The molecule has 5 heteroatoms. The maximum absolute atomic E-state index is 11.0. The van der Waals surface area contributed by atoms with Crippen molar-refractivity contribution in [3.63, 3.8) is 0 Å². The lowest BCUT2D eigenvalue weighted by atomic mass is 9.70. The number of anilines is 1. The van der Waals surface area contributed by atoms with Gasteiger partial charge in [-0.15, -0.1) is 11.3 Å². The molecule has 0 spiro atoms. The van der Waals surface area contributed by atoms with E-state index in [2.05, 4.69) is 25.7 Å². The molecule has 0 saturated heterocycles. The highest BCUT2D eigenvalue weighted by Crippen LogP contribution is 2.45. The first kappa shape index (κ1) is 16.7. The highest BCUT2D eigenvalue weighted by molar-refractivity contribution is 7.16. The normalized spacial score (nSPS) is 20.6. The van der Waals surface area contributed by atoms with Crippen LogP contribution in [0.1, 0.15) is 47.5 Å². The van der Waals surface area contributed by atoms with Crippen molar-refractivity contribution in [2.24, 2.45) is 17.1 Å². The molecule has 1 aliphatic rings. The van der Waals surface area contributed by atoms with E-state index in [0.29, 0.717) is 16.5 Å². The Labute approximate surface area is 124 Å². The first-order valence-electron chi connectivity index (χ1n) is 6.85. The van der Waals surface area contributed by atoms with Gasteiger partial charge in [-0.2, -0.15) is 5.26 Å². The van der Waals surface area contributed by atoms with E-state index in [-0.39, 0.29) is 5.41 Å². The molecule has 1 atom stereocenters. The molecular weight excluding hydrogens is 270 g/mol. The molecule has 1 aliphatic carbocycles. The van der Waals surface area contributed by atoms with Gasteiger partial charge in [0.05, 0.1) is 22.0 Å². The third kappa shape index (κ3) is 3.20. The van der Waals surface area contributed by atoms with Crippen LogP contribution in [0.5, 0.6) is 0 Å². The number of nitrogens with zero attached hydrogens (tertiary/aromatic N) is 1. The van der Waals surface area contributed by atoms with E-state index >= 15 is 0 Å². The van der Waals surface area contributed by atoms with Crippen LogP contribution in [0.15, 0.2) is 0 Å². The van der Waals surface area contributed by atoms with Crippen LogP contribution in [0.4, 0.5) is 5.00 Å². The maximum atomic E-state index is 11.0. The molecule has 0 radical (unpaired) electrons. The Hall–Kier alpha value is -1.38. The molecule has 0 saturated carbocycles. The van der Waals surface area contributed by atoms with Gasteiger partial charge < -0.3 is 11.5 Å². The van der Waals surface area contributed by atoms with Gasteiger partial charge in [0, 0.05) is 11.3 Å². The third-order valence-corrected chi connectivity index (χ3v) is 4.74. The topological polar surface area (TPSA) is 92.9 Å². The van der Waals surface area contributed by atoms with Crippen LogP contribution in [0.2, 0.25) is 0 Å². The minimum Gasteiger partial charge on any atom is -0.390 e. The number of aldehydes is 1. The minimum absolute atomic E-state index is 0.265. The van der Waals surface area contributed by atoms with Gasteiger partial charge in [0.2, 0.25) is 0 Å². The first-order chi connectivity index (χ1) is 9.51. The number of carbonyl (C=O) groups is 1. The van der Waals surface area contributed by atoms with Gasteiger partial charge in [0.1, 0.15) is 0 Å². The Morgan fingerprint density at radius 3 is 2.65 bits per heavy atom. The molecule has 1 heterocycles. The smallest absolute Gasteiger partial charge is 0.153 e. The number of nitriles is 1. The van der Waals surface area contributed by atoms with Crippen LogP contribution in [0.25, 0.3) is 0 Å². The van der Waals surface area contributed by atoms with Crippen LogP contribution < -0.4 is 11.5 Å². The van der Waals surface area contributed by atoms with Gasteiger partial charge in [-0.1, -0.05) is 13.8 Å². The number of carbonyl (C=O) groups excluding carboxylic acids is 1. The summed E-state index contributed by atoms with van der Waals surface area (Å²) in [6, 6.07) is 2.51. The van der Waals surface area contributed by atoms with Crippen LogP contribution in [0.3, 0.4) is 0 Å². The quantitative estimate of drug-likeness (QED) is 0.838. The SMILES string of the molecule is CC(C)CC1(C#N)CCc2c(sc(N)c2C=O)C1.CN. The summed E-state index contributed by atoms with van der Waals surface area (Å²) < 4.78 is 0. The summed E-state index contributed by atoms with van der Waals surface area (Å²) in [6.45, 7) is 4.29. The molecule has 0 bridgehead atoms. The molecule has 1 unspecified atom stereocenters. The number of nitrogen functional groups attached to an aromatic ring is 1. The zero-order valence-electron chi connectivity index (χ0n) is 12.4. The number of fused-ring (bicyclic) bond motifs is 1. The molecule has 110 valence electrons. The van der Waals surface area contributed by atoms with E-state index in [1.165, 1.54) is 18.4 Å². The van der Waals surface area contributed by atoms with E-state index < -0.39 is 0 Å². The van der Waals surface area contributed by atoms with Gasteiger partial charge in [0.15, 0.2) is 6.29 Å². The molecule has 0 fully saturated rings. The molecule has 2 rings (SSSR count). The summed E-state index contributed by atoms with van der Waals surface area (Å²) in [5.41, 5.74) is 11.8.